The Kier molecular flexibility index (Phi) is 7.80. The van der Waals surface area contributed by atoms with E-state index in [4.69, 9.17) is 4.74 Å². The minimum absolute atomic E-state index is 0.103. The number of rotatable bonds is 7. The number of piperazine rings is 1. The molecule has 2 aliphatic heterocycles. The van der Waals surface area contributed by atoms with E-state index in [0.29, 0.717) is 44.6 Å². The van der Waals surface area contributed by atoms with Crippen molar-refractivity contribution in [3.05, 3.63) is 59.9 Å². The van der Waals surface area contributed by atoms with Gasteiger partial charge in [-0.3, -0.25) is 24.4 Å². The molecule has 0 bridgehead atoms. The number of piperidine rings is 1. The van der Waals surface area contributed by atoms with Crippen LogP contribution in [-0.4, -0.2) is 76.9 Å². The number of aromatic nitrogens is 1. The summed E-state index contributed by atoms with van der Waals surface area (Å²) in [5.41, 5.74) is 1.94. The number of amides is 3. The molecule has 0 unspecified atom stereocenters. The maximum Gasteiger partial charge on any atom is 0.415 e. The highest BCUT2D eigenvalue weighted by atomic mass is 16.6. The van der Waals surface area contributed by atoms with Crippen LogP contribution in [0.15, 0.2) is 48.8 Å². The molecule has 0 atom stereocenters. The monoisotopic (exact) mass is 478 g/mol. The molecule has 0 N–H and O–H groups in total. The van der Waals surface area contributed by atoms with Crippen molar-refractivity contribution in [2.45, 2.75) is 39.5 Å². The number of likely N-dealkylation sites (tertiary alicyclic amines) is 1. The van der Waals surface area contributed by atoms with E-state index in [2.05, 4.69) is 16.0 Å². The first kappa shape index (κ1) is 24.9. The van der Waals surface area contributed by atoms with Crippen molar-refractivity contribution in [2.75, 3.05) is 39.3 Å². The summed E-state index contributed by atoms with van der Waals surface area (Å²) in [5.74, 6) is 0.285. The zero-order chi connectivity index (χ0) is 24.8. The zero-order valence-electron chi connectivity index (χ0n) is 20.6. The van der Waals surface area contributed by atoms with Crippen LogP contribution in [0.3, 0.4) is 0 Å². The highest BCUT2D eigenvalue weighted by Crippen LogP contribution is 2.31. The summed E-state index contributed by atoms with van der Waals surface area (Å²) >= 11 is 0. The van der Waals surface area contributed by atoms with Gasteiger partial charge in [0.2, 0.25) is 11.8 Å². The van der Waals surface area contributed by atoms with Gasteiger partial charge in [-0.1, -0.05) is 32.0 Å². The van der Waals surface area contributed by atoms with E-state index in [-0.39, 0.29) is 23.3 Å². The Morgan fingerprint density at radius 3 is 2.20 bits per heavy atom. The molecule has 8 nitrogen and oxygen atoms in total. The average Bonchev–Trinajstić information content (AvgIpc) is 2.83. The zero-order valence-corrected chi connectivity index (χ0v) is 20.6. The average molecular weight is 479 g/mol. The van der Waals surface area contributed by atoms with Crippen LogP contribution in [0.1, 0.15) is 37.8 Å². The van der Waals surface area contributed by atoms with E-state index in [9.17, 15) is 14.4 Å². The van der Waals surface area contributed by atoms with Crippen LogP contribution in [0.25, 0.3) is 0 Å². The minimum Gasteiger partial charge on any atom is -0.410 e. The van der Waals surface area contributed by atoms with Crippen molar-refractivity contribution in [1.82, 2.24) is 19.7 Å². The summed E-state index contributed by atoms with van der Waals surface area (Å²) in [7, 11) is 0. The highest BCUT2D eigenvalue weighted by Gasteiger charge is 2.37. The molecule has 0 aliphatic carbocycles. The number of nitrogens with zero attached hydrogens (tertiary/aromatic N) is 4. The van der Waals surface area contributed by atoms with Gasteiger partial charge in [0.25, 0.3) is 0 Å². The van der Waals surface area contributed by atoms with Crippen LogP contribution >= 0.6 is 0 Å². The summed E-state index contributed by atoms with van der Waals surface area (Å²) in [6.07, 6.45) is 5.65. The van der Waals surface area contributed by atoms with E-state index < -0.39 is 0 Å². The lowest BCUT2D eigenvalue weighted by molar-refractivity contribution is -0.152. The fourth-order valence-electron chi connectivity index (χ4n) is 4.58. The van der Waals surface area contributed by atoms with Gasteiger partial charge in [-0.25, -0.2) is 4.79 Å². The van der Waals surface area contributed by atoms with Crippen molar-refractivity contribution >= 4 is 17.9 Å². The van der Waals surface area contributed by atoms with Crippen molar-refractivity contribution in [3.8, 4) is 5.75 Å². The first-order valence-electron chi connectivity index (χ1n) is 12.3. The molecule has 1 aromatic heterocycles. The molecule has 0 spiro atoms. The van der Waals surface area contributed by atoms with Crippen LogP contribution in [0.2, 0.25) is 0 Å². The molecular formula is C27H34N4O4. The number of pyridine rings is 1. The van der Waals surface area contributed by atoms with E-state index in [1.54, 1.807) is 23.2 Å². The summed E-state index contributed by atoms with van der Waals surface area (Å²) in [5, 5.41) is 0. The third-order valence-electron chi connectivity index (χ3n) is 6.68. The van der Waals surface area contributed by atoms with Crippen LogP contribution in [0, 0.1) is 5.41 Å². The fraction of sp³-hybridized carbons (Fsp3) is 0.481. The second-order valence-electron chi connectivity index (χ2n) is 10.2. The van der Waals surface area contributed by atoms with Gasteiger partial charge < -0.3 is 9.64 Å². The van der Waals surface area contributed by atoms with Gasteiger partial charge in [-0.2, -0.15) is 0 Å². The molecule has 4 rings (SSSR count). The molecule has 2 aliphatic rings. The largest absolute Gasteiger partial charge is 0.415 e. The Morgan fingerprint density at radius 1 is 0.914 bits per heavy atom. The second kappa shape index (κ2) is 11.0. The number of ether oxygens (including phenoxy) is 1. The molecular weight excluding hydrogens is 444 g/mol. The van der Waals surface area contributed by atoms with Crippen LogP contribution in [-0.2, 0) is 22.4 Å². The number of hydrogen-bond acceptors (Lipinski definition) is 6. The predicted molar refractivity (Wildman–Crippen MR) is 132 cm³/mol. The lowest BCUT2D eigenvalue weighted by atomic mass is 9.81. The SMILES string of the molecule is CC1(C)CC(=O)N(CCc2ccc(OC(=O)N3CCN(CCc4cccnc4)CC3)cc2)C(=O)C1. The standard InChI is InChI=1S/C27H34N4O4/c1-27(2)18-24(32)31(25(33)19-27)13-10-21-5-7-23(8-6-21)35-26(34)30-16-14-29(15-17-30)12-9-22-4-3-11-28-20-22/h3-8,11,20H,9-10,12-19H2,1-2H3. The van der Waals surface area contributed by atoms with Crippen LogP contribution < -0.4 is 4.74 Å². The van der Waals surface area contributed by atoms with Gasteiger partial charge in [0.1, 0.15) is 5.75 Å². The predicted octanol–water partition coefficient (Wildman–Crippen LogP) is 3.16. The molecule has 3 heterocycles. The molecule has 1 aromatic carbocycles. The summed E-state index contributed by atoms with van der Waals surface area (Å²) in [6, 6.07) is 11.3. The first-order valence-corrected chi connectivity index (χ1v) is 12.3. The fourth-order valence-corrected chi connectivity index (χ4v) is 4.58. The third-order valence-corrected chi connectivity index (χ3v) is 6.68. The lowest BCUT2D eigenvalue weighted by Gasteiger charge is -2.34. The van der Waals surface area contributed by atoms with E-state index >= 15 is 0 Å². The smallest absolute Gasteiger partial charge is 0.410 e. The minimum atomic E-state index is -0.336. The maximum atomic E-state index is 12.6. The number of imide groups is 1. The normalized spacial score (nSPS) is 18.6. The topological polar surface area (TPSA) is 83.1 Å². The quantitative estimate of drug-likeness (QED) is 0.569. The Labute approximate surface area is 206 Å². The Balaban J connectivity index is 1.19. The summed E-state index contributed by atoms with van der Waals surface area (Å²) < 4.78 is 5.57. The summed E-state index contributed by atoms with van der Waals surface area (Å²) in [4.78, 5) is 46.9. The second-order valence-corrected chi connectivity index (χ2v) is 10.2. The molecule has 35 heavy (non-hydrogen) atoms. The van der Waals surface area contributed by atoms with Crippen LogP contribution in [0.5, 0.6) is 5.75 Å². The highest BCUT2D eigenvalue weighted by molar-refractivity contribution is 5.98. The number of hydrogen-bond donors (Lipinski definition) is 0. The van der Waals surface area contributed by atoms with Gasteiger partial charge in [-0.05, 0) is 47.6 Å². The third kappa shape index (κ3) is 6.88. The lowest BCUT2D eigenvalue weighted by Crippen LogP contribution is -2.49. The first-order chi connectivity index (χ1) is 16.8. The van der Waals surface area contributed by atoms with E-state index in [0.717, 1.165) is 31.6 Å². The molecule has 186 valence electrons. The molecule has 2 fully saturated rings. The maximum absolute atomic E-state index is 12.6. The van der Waals surface area contributed by atoms with E-state index in [1.807, 2.05) is 38.2 Å². The Bertz CT molecular complexity index is 1010. The van der Waals surface area contributed by atoms with Gasteiger partial charge in [-0.15, -0.1) is 0 Å². The number of carbonyl (C=O) groups excluding carboxylic acids is 3. The van der Waals surface area contributed by atoms with Crippen LogP contribution in [0.4, 0.5) is 4.79 Å². The molecule has 0 radical (unpaired) electrons. The van der Waals surface area contributed by atoms with Gasteiger partial charge >= 0.3 is 6.09 Å². The van der Waals surface area contributed by atoms with Crippen molar-refractivity contribution in [2.24, 2.45) is 5.41 Å². The molecule has 2 saturated heterocycles. The van der Waals surface area contributed by atoms with Gasteiger partial charge in [0.15, 0.2) is 0 Å². The van der Waals surface area contributed by atoms with Gasteiger partial charge in [0.05, 0.1) is 0 Å². The van der Waals surface area contributed by atoms with Crippen molar-refractivity contribution in [3.63, 3.8) is 0 Å². The molecule has 3 amide bonds. The Hall–Kier alpha value is -3.26. The Morgan fingerprint density at radius 2 is 1.57 bits per heavy atom. The van der Waals surface area contributed by atoms with Crippen molar-refractivity contribution in [1.29, 1.82) is 0 Å². The number of benzene rings is 1. The molecule has 2 aromatic rings. The molecule has 0 saturated carbocycles. The van der Waals surface area contributed by atoms with Crippen molar-refractivity contribution < 1.29 is 19.1 Å². The molecule has 8 heteroatoms. The number of carbonyl (C=O) groups is 3. The summed E-state index contributed by atoms with van der Waals surface area (Å²) in [6.45, 7) is 8.13. The van der Waals surface area contributed by atoms with Gasteiger partial charge in [0, 0.05) is 64.5 Å². The van der Waals surface area contributed by atoms with E-state index in [1.165, 1.54) is 10.5 Å².